The molecular weight excluding hydrogens is 572 g/mol. The van der Waals surface area contributed by atoms with E-state index in [1.165, 1.54) is 6.92 Å². The van der Waals surface area contributed by atoms with Crippen LogP contribution >= 0.6 is 0 Å². The average molecular weight is 598 g/mol. The Labute approximate surface area is 219 Å². The van der Waals surface area contributed by atoms with Gasteiger partial charge in [-0.1, -0.05) is 0 Å². The van der Waals surface area contributed by atoms with E-state index >= 15 is 0 Å². The van der Waals surface area contributed by atoms with E-state index in [2.05, 4.69) is 14.4 Å². The van der Waals surface area contributed by atoms with Gasteiger partial charge in [0.2, 0.25) is 0 Å². The van der Waals surface area contributed by atoms with Crippen molar-refractivity contribution < 1.29 is 35.4 Å². The predicted molar refractivity (Wildman–Crippen MR) is 132 cm³/mol. The molecule has 2 aliphatic rings. The molecule has 0 fully saturated rings. The van der Waals surface area contributed by atoms with Gasteiger partial charge in [0.1, 0.15) is 0 Å². The van der Waals surface area contributed by atoms with Crippen LogP contribution in [-0.4, -0.2) is 43.1 Å². The molecule has 7 nitrogen and oxygen atoms in total. The van der Waals surface area contributed by atoms with E-state index in [4.69, 9.17) is 12.9 Å². The molecule has 1 atom stereocenters. The maximum absolute atomic E-state index is 14.9. The molecule has 186 valence electrons. The molecule has 9 heteroatoms. The summed E-state index contributed by atoms with van der Waals surface area (Å²) in [6, 6.07) is 14.9. The Morgan fingerprint density at radius 1 is 1.17 bits per heavy atom. The Morgan fingerprint density at radius 3 is 2.83 bits per heavy atom. The molecule has 0 aliphatic carbocycles. The molecule has 4 heterocycles. The molecule has 2 aliphatic heterocycles. The fraction of sp³-hybridized carbons (Fsp3) is 0.259. The van der Waals surface area contributed by atoms with Crippen molar-refractivity contribution in [2.24, 2.45) is 3.21 Å². The molecule has 5 rings (SSSR count). The molecule has 2 aromatic heterocycles. The van der Waals surface area contributed by atoms with Gasteiger partial charge in [-0.25, -0.2) is 0 Å². The summed E-state index contributed by atoms with van der Waals surface area (Å²) in [5.41, 5.74) is 2.61. The zero-order valence-electron chi connectivity index (χ0n) is 20.3. The summed E-state index contributed by atoms with van der Waals surface area (Å²) in [7, 11) is 3.90. The molecule has 0 bridgehead atoms. The SMILES string of the molecule is CN(C)c1cccc(-c2ccc3c(n2)=CC(CNC(=O)c2ccc4c(c2)[C@](C)(F)COC4)=C[I-]N=3)n1. The van der Waals surface area contributed by atoms with Crippen LogP contribution in [0, 0.1) is 0 Å². The number of anilines is 1. The molecule has 0 saturated carbocycles. The van der Waals surface area contributed by atoms with E-state index in [1.807, 2.05) is 55.4 Å². The van der Waals surface area contributed by atoms with Crippen LogP contribution in [0.1, 0.15) is 28.4 Å². The van der Waals surface area contributed by atoms with Crippen LogP contribution in [0.4, 0.5) is 10.2 Å². The number of hydrogen-bond acceptors (Lipinski definition) is 6. The molecule has 0 radical (unpaired) electrons. The number of ether oxygens (including phenoxy) is 1. The standard InChI is InChI=1S/C27H26FIN5O2/c1-27(28)16-36-15-19-8-7-18(12-20(19)27)26(35)30-14-17-11-24-23(33-29-13-17)10-9-22(31-24)21-5-4-6-25(32-21)34(2)3/h4-13H,14-16H2,1-3H3,(H,30,35)/q-1/t27-/m1/s1. The predicted octanol–water partition coefficient (Wildman–Crippen LogP) is -0.344. The molecule has 0 saturated heterocycles. The second-order valence-corrected chi connectivity index (χ2v) is 10.8. The van der Waals surface area contributed by atoms with Crippen LogP contribution < -0.4 is 42.4 Å². The average Bonchev–Trinajstić information content (AvgIpc) is 3.08. The summed E-state index contributed by atoms with van der Waals surface area (Å²) in [6.45, 7) is 2.16. The van der Waals surface area contributed by atoms with Gasteiger partial charge >= 0.3 is 220 Å². The van der Waals surface area contributed by atoms with Crippen molar-refractivity contribution in [3.05, 3.63) is 85.6 Å². The van der Waals surface area contributed by atoms with Crippen molar-refractivity contribution in [3.8, 4) is 11.4 Å². The third kappa shape index (κ3) is 5.17. The summed E-state index contributed by atoms with van der Waals surface area (Å²) in [5, 5.41) is 4.56. The van der Waals surface area contributed by atoms with Gasteiger partial charge in [-0.3, -0.25) is 0 Å². The number of hydrogen-bond donors (Lipinski definition) is 1. The van der Waals surface area contributed by atoms with E-state index in [-0.39, 0.29) is 12.5 Å². The zero-order valence-corrected chi connectivity index (χ0v) is 22.4. The van der Waals surface area contributed by atoms with Crippen molar-refractivity contribution in [3.63, 3.8) is 0 Å². The summed E-state index contributed by atoms with van der Waals surface area (Å²) in [5.74, 6) is 0.607. The van der Waals surface area contributed by atoms with Gasteiger partial charge in [-0.05, 0) is 0 Å². The van der Waals surface area contributed by atoms with Gasteiger partial charge in [0.05, 0.1) is 0 Å². The first-order chi connectivity index (χ1) is 17.3. The Kier molecular flexibility index (Phi) is 6.85. The van der Waals surface area contributed by atoms with Gasteiger partial charge in [0.25, 0.3) is 0 Å². The van der Waals surface area contributed by atoms with Crippen molar-refractivity contribution in [1.82, 2.24) is 15.3 Å². The monoisotopic (exact) mass is 598 g/mol. The summed E-state index contributed by atoms with van der Waals surface area (Å²) in [4.78, 5) is 24.4. The number of halogens is 2. The number of amides is 1. The number of alkyl halides is 1. The van der Waals surface area contributed by atoms with Crippen molar-refractivity contribution >= 4 is 17.8 Å². The quantitative estimate of drug-likeness (QED) is 0.407. The number of fused-ring (bicyclic) bond motifs is 2. The number of nitrogens with zero attached hydrogens (tertiary/aromatic N) is 4. The van der Waals surface area contributed by atoms with Gasteiger partial charge < -0.3 is 0 Å². The van der Waals surface area contributed by atoms with Gasteiger partial charge in [-0.15, -0.1) is 0 Å². The molecule has 1 N–H and O–H groups in total. The first-order valence-electron chi connectivity index (χ1n) is 11.5. The van der Waals surface area contributed by atoms with Crippen molar-refractivity contribution in [2.75, 3.05) is 32.1 Å². The minimum atomic E-state index is -1.61. The van der Waals surface area contributed by atoms with Gasteiger partial charge in [0.15, 0.2) is 0 Å². The third-order valence-corrected chi connectivity index (χ3v) is 7.90. The van der Waals surface area contributed by atoms with Gasteiger partial charge in [-0.2, -0.15) is 0 Å². The summed E-state index contributed by atoms with van der Waals surface area (Å²) in [6.07, 6.45) is 1.97. The van der Waals surface area contributed by atoms with E-state index in [1.54, 1.807) is 18.2 Å². The third-order valence-electron chi connectivity index (χ3n) is 6.03. The number of carbonyl (C=O) groups is 1. The Hall–Kier alpha value is -3.18. The second kappa shape index (κ2) is 10.1. The van der Waals surface area contributed by atoms with E-state index in [9.17, 15) is 9.18 Å². The minimum absolute atomic E-state index is 0.0105. The van der Waals surface area contributed by atoms with E-state index in [0.29, 0.717) is 24.3 Å². The number of pyridine rings is 2. The van der Waals surface area contributed by atoms with Crippen molar-refractivity contribution in [2.45, 2.75) is 19.2 Å². The maximum atomic E-state index is 14.9. The van der Waals surface area contributed by atoms with Crippen LogP contribution in [-0.2, 0) is 17.0 Å². The normalized spacial score (nSPS) is 18.7. The van der Waals surface area contributed by atoms with E-state index < -0.39 is 27.1 Å². The Balaban J connectivity index is 1.36. The van der Waals surface area contributed by atoms with Crippen LogP contribution in [0.3, 0.4) is 0 Å². The molecule has 1 aromatic carbocycles. The van der Waals surface area contributed by atoms with Crippen LogP contribution in [0.5, 0.6) is 0 Å². The number of nitrogens with one attached hydrogen (secondary N) is 1. The fourth-order valence-corrected chi connectivity index (χ4v) is 5.69. The summed E-state index contributed by atoms with van der Waals surface area (Å²) >= 11 is -0.574. The molecule has 3 aromatic rings. The van der Waals surface area contributed by atoms with Crippen LogP contribution in [0.25, 0.3) is 17.5 Å². The molecule has 0 spiro atoms. The fourth-order valence-electron chi connectivity index (χ4n) is 4.08. The van der Waals surface area contributed by atoms with Crippen LogP contribution in [0.2, 0.25) is 0 Å². The second-order valence-electron chi connectivity index (χ2n) is 9.13. The zero-order chi connectivity index (χ0) is 25.3. The first-order valence-corrected chi connectivity index (χ1v) is 13.7. The Morgan fingerprint density at radius 2 is 2.00 bits per heavy atom. The number of rotatable bonds is 5. The van der Waals surface area contributed by atoms with Crippen LogP contribution in [0.15, 0.2) is 61.4 Å². The number of benzene rings is 1. The number of aromatic nitrogens is 2. The summed E-state index contributed by atoms with van der Waals surface area (Å²) < 4.78 is 27.0. The Bertz CT molecular complexity index is 1490. The number of carbonyl (C=O) groups excluding carboxylic acids is 1. The van der Waals surface area contributed by atoms with Crippen molar-refractivity contribution in [1.29, 1.82) is 0 Å². The van der Waals surface area contributed by atoms with Gasteiger partial charge in [0, 0.05) is 0 Å². The molecule has 1 amide bonds. The van der Waals surface area contributed by atoms with E-state index in [0.717, 1.165) is 39.0 Å². The molecule has 0 unspecified atom stereocenters. The molecular formula is C27H26FIN5O2-. The topological polar surface area (TPSA) is 79.7 Å². The first kappa shape index (κ1) is 24.5. The molecule has 36 heavy (non-hydrogen) atoms.